The second-order valence-electron chi connectivity index (χ2n) is 4.77. The van der Waals surface area contributed by atoms with Gasteiger partial charge in [0.2, 0.25) is 0 Å². The topological polar surface area (TPSA) is 51.2 Å². The molecule has 1 N–H and O–H groups in total. The summed E-state index contributed by atoms with van der Waals surface area (Å²) in [5, 5.41) is 9.04. The second-order valence-corrected chi connectivity index (χ2v) is 4.77. The Hall–Kier alpha value is -1.10. The number of methoxy groups -OCH3 is 1. The Kier molecular flexibility index (Phi) is 4.22. The van der Waals surface area contributed by atoms with E-state index in [1.54, 1.807) is 7.11 Å². The summed E-state index contributed by atoms with van der Waals surface area (Å²) in [6, 6.07) is 7.83. The van der Waals surface area contributed by atoms with Crippen molar-refractivity contribution in [3.05, 3.63) is 29.8 Å². The van der Waals surface area contributed by atoms with E-state index < -0.39 is 0 Å². The number of aliphatic hydroxyl groups is 1. The van der Waals surface area contributed by atoms with Crippen molar-refractivity contribution in [1.29, 1.82) is 0 Å². The first-order valence-corrected chi connectivity index (χ1v) is 6.17. The van der Waals surface area contributed by atoms with Crippen molar-refractivity contribution >= 4 is 0 Å². The van der Waals surface area contributed by atoms with E-state index in [1.165, 1.54) is 0 Å². The average molecular weight is 252 g/mol. The van der Waals surface area contributed by atoms with Gasteiger partial charge in [-0.2, -0.15) is 0 Å². The summed E-state index contributed by atoms with van der Waals surface area (Å²) >= 11 is 0. The molecule has 4 heteroatoms. The predicted molar refractivity (Wildman–Crippen MR) is 67.6 cm³/mol. The van der Waals surface area contributed by atoms with Gasteiger partial charge in [-0.15, -0.1) is 0 Å². The molecule has 1 heterocycles. The molecule has 1 aromatic rings. The van der Waals surface area contributed by atoms with E-state index in [0.29, 0.717) is 13.2 Å². The molecular formula is C14H20O4. The second kappa shape index (κ2) is 5.69. The maximum absolute atomic E-state index is 9.04. The van der Waals surface area contributed by atoms with E-state index in [4.69, 9.17) is 19.3 Å². The first-order valence-electron chi connectivity index (χ1n) is 6.17. The molecule has 0 bridgehead atoms. The molecule has 100 valence electrons. The van der Waals surface area contributed by atoms with Crippen LogP contribution in [0.3, 0.4) is 0 Å². The third kappa shape index (κ3) is 3.22. The highest BCUT2D eigenvalue weighted by molar-refractivity contribution is 5.26. The van der Waals surface area contributed by atoms with E-state index in [2.05, 4.69) is 0 Å². The van der Waals surface area contributed by atoms with Gasteiger partial charge < -0.3 is 19.3 Å². The summed E-state index contributed by atoms with van der Waals surface area (Å²) in [6.45, 7) is 3.23. The van der Waals surface area contributed by atoms with Crippen molar-refractivity contribution in [2.45, 2.75) is 31.7 Å². The summed E-state index contributed by atoms with van der Waals surface area (Å²) in [6.07, 6.45) is 0.964. The van der Waals surface area contributed by atoms with Gasteiger partial charge in [0.25, 0.3) is 0 Å². The highest BCUT2D eigenvalue weighted by Crippen LogP contribution is 2.37. The van der Waals surface area contributed by atoms with Crippen LogP contribution in [0.1, 0.15) is 18.9 Å². The van der Waals surface area contributed by atoms with Crippen LogP contribution in [0.25, 0.3) is 0 Å². The Morgan fingerprint density at radius 2 is 2.06 bits per heavy atom. The number of benzene rings is 1. The molecule has 0 saturated carbocycles. The van der Waals surface area contributed by atoms with Crippen LogP contribution >= 0.6 is 0 Å². The average Bonchev–Trinajstić information content (AvgIpc) is 3.07. The molecule has 1 aliphatic rings. The van der Waals surface area contributed by atoms with E-state index in [9.17, 15) is 0 Å². The SMILES string of the molecule is COc1ccc(COCC[C@@H]2OC2(C)CO)cc1. The van der Waals surface area contributed by atoms with Crippen molar-refractivity contribution in [3.8, 4) is 5.75 Å². The number of aliphatic hydroxyl groups excluding tert-OH is 1. The molecule has 2 rings (SSSR count). The number of hydrogen-bond donors (Lipinski definition) is 1. The van der Waals surface area contributed by atoms with Crippen LogP contribution in [0.2, 0.25) is 0 Å². The van der Waals surface area contributed by atoms with Crippen molar-refractivity contribution < 1.29 is 19.3 Å². The van der Waals surface area contributed by atoms with Gasteiger partial charge in [-0.3, -0.25) is 0 Å². The Labute approximate surface area is 107 Å². The lowest BCUT2D eigenvalue weighted by Gasteiger charge is -2.05. The Bertz CT molecular complexity index is 376. The van der Waals surface area contributed by atoms with E-state index >= 15 is 0 Å². The minimum absolute atomic E-state index is 0.0795. The minimum atomic E-state index is -0.330. The third-order valence-electron chi connectivity index (χ3n) is 3.30. The van der Waals surface area contributed by atoms with Gasteiger partial charge in [-0.25, -0.2) is 0 Å². The highest BCUT2D eigenvalue weighted by Gasteiger charge is 2.51. The van der Waals surface area contributed by atoms with Crippen molar-refractivity contribution in [3.63, 3.8) is 0 Å². The maximum atomic E-state index is 9.04. The summed E-state index contributed by atoms with van der Waals surface area (Å²) in [4.78, 5) is 0. The summed E-state index contributed by atoms with van der Waals surface area (Å²) in [5.41, 5.74) is 0.793. The molecule has 0 aliphatic carbocycles. The van der Waals surface area contributed by atoms with Crippen LogP contribution in [0.5, 0.6) is 5.75 Å². The van der Waals surface area contributed by atoms with E-state index in [1.807, 2.05) is 31.2 Å². The number of ether oxygens (including phenoxy) is 3. The molecule has 0 amide bonds. The summed E-state index contributed by atoms with van der Waals surface area (Å²) in [5.74, 6) is 0.851. The third-order valence-corrected chi connectivity index (χ3v) is 3.30. The number of hydrogen-bond acceptors (Lipinski definition) is 4. The normalized spacial score (nSPS) is 26.1. The lowest BCUT2D eigenvalue weighted by atomic mass is 10.1. The monoisotopic (exact) mass is 252 g/mol. The standard InChI is InChI=1S/C14H20O4/c1-14(10-15)13(18-14)7-8-17-9-11-3-5-12(16-2)6-4-11/h3-6,13,15H,7-10H2,1-2H3/t13-,14?/m0/s1. The maximum Gasteiger partial charge on any atom is 0.118 e. The van der Waals surface area contributed by atoms with Crippen LogP contribution in [0.15, 0.2) is 24.3 Å². The molecule has 2 atom stereocenters. The molecule has 0 radical (unpaired) electrons. The molecule has 1 unspecified atom stereocenters. The number of epoxide rings is 1. The van der Waals surface area contributed by atoms with Gasteiger partial charge in [0.05, 0.1) is 26.4 Å². The van der Waals surface area contributed by atoms with Crippen molar-refractivity contribution in [2.24, 2.45) is 0 Å². The molecule has 0 aromatic heterocycles. The Morgan fingerprint density at radius 3 is 2.61 bits per heavy atom. The molecule has 1 saturated heterocycles. The summed E-state index contributed by atoms with van der Waals surface area (Å²) in [7, 11) is 1.65. The Balaban J connectivity index is 1.63. The zero-order valence-electron chi connectivity index (χ0n) is 10.9. The van der Waals surface area contributed by atoms with Gasteiger partial charge in [0, 0.05) is 6.61 Å². The fourth-order valence-corrected chi connectivity index (χ4v) is 1.90. The Morgan fingerprint density at radius 1 is 1.33 bits per heavy atom. The van der Waals surface area contributed by atoms with Gasteiger partial charge >= 0.3 is 0 Å². The number of rotatable bonds is 7. The van der Waals surface area contributed by atoms with Crippen LogP contribution in [0.4, 0.5) is 0 Å². The largest absolute Gasteiger partial charge is 0.497 e. The molecule has 1 aromatic carbocycles. The first-order chi connectivity index (χ1) is 8.68. The summed E-state index contributed by atoms with van der Waals surface area (Å²) < 4.78 is 16.1. The zero-order chi connectivity index (χ0) is 13.0. The quantitative estimate of drug-likeness (QED) is 0.593. The fraction of sp³-hybridized carbons (Fsp3) is 0.571. The molecular weight excluding hydrogens is 232 g/mol. The van der Waals surface area contributed by atoms with Crippen molar-refractivity contribution in [1.82, 2.24) is 0 Å². The van der Waals surface area contributed by atoms with E-state index in [-0.39, 0.29) is 18.3 Å². The molecule has 1 fully saturated rings. The lowest BCUT2D eigenvalue weighted by Crippen LogP contribution is -2.16. The van der Waals surface area contributed by atoms with Crippen LogP contribution in [-0.4, -0.2) is 37.1 Å². The van der Waals surface area contributed by atoms with Gasteiger partial charge in [0.15, 0.2) is 0 Å². The van der Waals surface area contributed by atoms with E-state index in [0.717, 1.165) is 17.7 Å². The zero-order valence-corrected chi connectivity index (χ0v) is 10.9. The van der Waals surface area contributed by atoms with Crippen LogP contribution < -0.4 is 4.74 Å². The van der Waals surface area contributed by atoms with Gasteiger partial charge in [-0.05, 0) is 31.0 Å². The fourth-order valence-electron chi connectivity index (χ4n) is 1.90. The molecule has 1 aliphatic heterocycles. The highest BCUT2D eigenvalue weighted by atomic mass is 16.6. The smallest absolute Gasteiger partial charge is 0.118 e. The minimum Gasteiger partial charge on any atom is -0.497 e. The van der Waals surface area contributed by atoms with Crippen molar-refractivity contribution in [2.75, 3.05) is 20.3 Å². The molecule has 4 nitrogen and oxygen atoms in total. The molecule has 18 heavy (non-hydrogen) atoms. The van der Waals surface area contributed by atoms with Crippen LogP contribution in [0, 0.1) is 0 Å². The molecule has 0 spiro atoms. The van der Waals surface area contributed by atoms with Gasteiger partial charge in [0.1, 0.15) is 11.4 Å². The van der Waals surface area contributed by atoms with Crippen LogP contribution in [-0.2, 0) is 16.1 Å². The first kappa shape index (κ1) is 13.3. The van der Waals surface area contributed by atoms with Gasteiger partial charge in [-0.1, -0.05) is 12.1 Å². The predicted octanol–water partition coefficient (Wildman–Crippen LogP) is 1.75. The lowest BCUT2D eigenvalue weighted by molar-refractivity contribution is 0.113.